The molecule has 0 spiro atoms. The van der Waals surface area contributed by atoms with Crippen LogP contribution in [-0.4, -0.2) is 65.1 Å². The molecule has 102 valence electrons. The van der Waals surface area contributed by atoms with Crippen LogP contribution < -0.4 is 5.32 Å². The van der Waals surface area contributed by atoms with Gasteiger partial charge in [-0.05, 0) is 12.8 Å². The summed E-state index contributed by atoms with van der Waals surface area (Å²) in [5.74, 6) is -1.13. The van der Waals surface area contributed by atoms with E-state index in [4.69, 9.17) is 14.9 Å². The predicted molar refractivity (Wildman–Crippen MR) is 61.1 cm³/mol. The molecule has 2 bridgehead atoms. The number of carboxylic acid groups (broad SMARTS) is 1. The van der Waals surface area contributed by atoms with E-state index in [2.05, 4.69) is 5.32 Å². The fraction of sp³-hybridized carbons (Fsp3) is 0.818. The van der Waals surface area contributed by atoms with Crippen LogP contribution in [0.15, 0.2) is 0 Å². The summed E-state index contributed by atoms with van der Waals surface area (Å²) in [4.78, 5) is 24.4. The van der Waals surface area contributed by atoms with Crippen molar-refractivity contribution in [3.63, 3.8) is 0 Å². The fourth-order valence-electron chi connectivity index (χ4n) is 2.41. The van der Waals surface area contributed by atoms with E-state index in [1.54, 1.807) is 4.90 Å². The Morgan fingerprint density at radius 2 is 1.94 bits per heavy atom. The number of aliphatic carboxylic acids is 1. The Bertz CT molecular complexity index is 323. The van der Waals surface area contributed by atoms with Crippen LogP contribution in [0.25, 0.3) is 0 Å². The van der Waals surface area contributed by atoms with E-state index in [0.717, 1.165) is 12.8 Å². The third-order valence-electron chi connectivity index (χ3n) is 3.34. The van der Waals surface area contributed by atoms with Gasteiger partial charge < -0.3 is 25.2 Å². The van der Waals surface area contributed by atoms with Gasteiger partial charge >= 0.3 is 12.0 Å². The molecule has 3 N–H and O–H groups in total. The number of likely N-dealkylation sites (tertiary alicyclic amines) is 1. The quantitative estimate of drug-likeness (QED) is 0.625. The zero-order valence-corrected chi connectivity index (χ0v) is 10.0. The van der Waals surface area contributed by atoms with Crippen molar-refractivity contribution in [2.24, 2.45) is 0 Å². The molecule has 3 atom stereocenters. The third kappa shape index (κ3) is 2.91. The Morgan fingerprint density at radius 3 is 2.44 bits per heavy atom. The van der Waals surface area contributed by atoms with Gasteiger partial charge in [-0.1, -0.05) is 0 Å². The Hall–Kier alpha value is -1.34. The molecular formula is C11H18N2O5. The summed E-state index contributed by atoms with van der Waals surface area (Å²) in [5, 5.41) is 20.1. The van der Waals surface area contributed by atoms with E-state index in [-0.39, 0.29) is 25.2 Å². The van der Waals surface area contributed by atoms with Crippen molar-refractivity contribution in [2.75, 3.05) is 19.7 Å². The first-order chi connectivity index (χ1) is 8.60. The minimum Gasteiger partial charge on any atom is -0.480 e. The van der Waals surface area contributed by atoms with Gasteiger partial charge in [-0.2, -0.15) is 0 Å². The molecule has 0 saturated carbocycles. The minimum absolute atomic E-state index is 0.0122. The summed E-state index contributed by atoms with van der Waals surface area (Å²) in [7, 11) is 0. The normalized spacial score (nSPS) is 27.9. The summed E-state index contributed by atoms with van der Waals surface area (Å²) in [6.07, 6.45) is 2.07. The number of carbonyl (C=O) groups excluding carboxylic acids is 1. The number of hydrogen-bond acceptors (Lipinski definition) is 4. The summed E-state index contributed by atoms with van der Waals surface area (Å²) in [5.41, 5.74) is 0. The van der Waals surface area contributed by atoms with Crippen LogP contribution in [0.2, 0.25) is 0 Å². The smallest absolute Gasteiger partial charge is 0.326 e. The van der Waals surface area contributed by atoms with Crippen molar-refractivity contribution in [1.29, 1.82) is 0 Å². The van der Waals surface area contributed by atoms with Crippen molar-refractivity contribution < 1.29 is 24.5 Å². The van der Waals surface area contributed by atoms with Gasteiger partial charge in [0.05, 0.1) is 12.2 Å². The number of nitrogens with zero attached hydrogens (tertiary/aromatic N) is 1. The number of rotatable bonds is 4. The van der Waals surface area contributed by atoms with E-state index >= 15 is 0 Å². The topological polar surface area (TPSA) is 99.1 Å². The van der Waals surface area contributed by atoms with Crippen molar-refractivity contribution >= 4 is 12.0 Å². The second-order valence-electron chi connectivity index (χ2n) is 4.72. The van der Waals surface area contributed by atoms with E-state index in [1.807, 2.05) is 0 Å². The molecule has 2 saturated heterocycles. The van der Waals surface area contributed by atoms with Crippen molar-refractivity contribution in [1.82, 2.24) is 10.2 Å². The molecular weight excluding hydrogens is 240 g/mol. The summed E-state index contributed by atoms with van der Waals surface area (Å²) in [6.45, 7) is 0.743. The first kappa shape index (κ1) is 13.1. The molecule has 2 amide bonds. The molecule has 0 aromatic rings. The largest absolute Gasteiger partial charge is 0.480 e. The van der Waals surface area contributed by atoms with Crippen LogP contribution >= 0.6 is 0 Å². The van der Waals surface area contributed by atoms with Gasteiger partial charge in [0.1, 0.15) is 6.04 Å². The number of hydrogen-bond donors (Lipinski definition) is 3. The molecule has 18 heavy (non-hydrogen) atoms. The Balaban J connectivity index is 1.88. The number of carbonyl (C=O) groups is 2. The average molecular weight is 258 g/mol. The maximum Gasteiger partial charge on any atom is 0.326 e. The van der Waals surface area contributed by atoms with E-state index in [1.165, 1.54) is 0 Å². The molecule has 2 fully saturated rings. The molecule has 0 aromatic heterocycles. The van der Waals surface area contributed by atoms with Gasteiger partial charge in [0.25, 0.3) is 0 Å². The monoisotopic (exact) mass is 258 g/mol. The number of urea groups is 1. The number of amides is 2. The van der Waals surface area contributed by atoms with E-state index < -0.39 is 18.0 Å². The predicted octanol–water partition coefficient (Wildman–Crippen LogP) is -0.605. The molecule has 2 aliphatic heterocycles. The van der Waals surface area contributed by atoms with Gasteiger partial charge in [0.15, 0.2) is 0 Å². The Labute approximate surface area is 105 Å². The van der Waals surface area contributed by atoms with Gasteiger partial charge in [-0.3, -0.25) is 0 Å². The lowest BCUT2D eigenvalue weighted by Gasteiger charge is -2.32. The van der Waals surface area contributed by atoms with Gasteiger partial charge in [-0.25, -0.2) is 9.59 Å². The Morgan fingerprint density at radius 1 is 1.33 bits per heavy atom. The highest BCUT2D eigenvalue weighted by atomic mass is 16.5. The van der Waals surface area contributed by atoms with E-state index in [9.17, 15) is 9.59 Å². The number of aliphatic hydroxyl groups is 1. The average Bonchev–Trinajstić information content (AvgIpc) is 2.67. The zero-order chi connectivity index (χ0) is 13.1. The third-order valence-corrected chi connectivity index (χ3v) is 3.34. The molecule has 0 aliphatic carbocycles. The SMILES string of the molecule is O=C(O)[C@H](CCO)NC(=O)N1CC2CCC(C1)O2. The first-order valence-electron chi connectivity index (χ1n) is 6.14. The standard InChI is InChI=1S/C11H18N2O5/c14-4-3-9(10(15)16)12-11(17)13-5-7-1-2-8(6-13)18-7/h7-9,14H,1-6H2,(H,12,17)(H,15,16)/t7?,8?,9-/m0/s1. The van der Waals surface area contributed by atoms with Gasteiger partial charge in [0.2, 0.25) is 0 Å². The van der Waals surface area contributed by atoms with Gasteiger partial charge in [-0.15, -0.1) is 0 Å². The first-order valence-corrected chi connectivity index (χ1v) is 6.14. The van der Waals surface area contributed by atoms with Crippen LogP contribution in [0.4, 0.5) is 4.79 Å². The molecule has 2 unspecified atom stereocenters. The van der Waals surface area contributed by atoms with Crippen LogP contribution in [0.5, 0.6) is 0 Å². The molecule has 2 rings (SSSR count). The summed E-state index contributed by atoms with van der Waals surface area (Å²) >= 11 is 0. The van der Waals surface area contributed by atoms with Crippen LogP contribution in [0, 0.1) is 0 Å². The molecule has 7 nitrogen and oxygen atoms in total. The van der Waals surface area contributed by atoms with Crippen LogP contribution in [0.3, 0.4) is 0 Å². The zero-order valence-electron chi connectivity index (χ0n) is 10.0. The number of nitrogens with one attached hydrogen (secondary N) is 1. The number of carboxylic acids is 1. The van der Waals surface area contributed by atoms with Crippen molar-refractivity contribution in [2.45, 2.75) is 37.5 Å². The molecule has 0 radical (unpaired) electrons. The number of ether oxygens (including phenoxy) is 1. The van der Waals surface area contributed by atoms with E-state index in [0.29, 0.717) is 13.1 Å². The summed E-state index contributed by atoms with van der Waals surface area (Å²) < 4.78 is 5.60. The highest BCUT2D eigenvalue weighted by Crippen LogP contribution is 2.26. The molecule has 7 heteroatoms. The highest BCUT2D eigenvalue weighted by Gasteiger charge is 2.36. The minimum atomic E-state index is -1.13. The second kappa shape index (κ2) is 5.53. The highest BCUT2D eigenvalue weighted by molar-refractivity contribution is 5.82. The Kier molecular flexibility index (Phi) is 4.03. The fourth-order valence-corrected chi connectivity index (χ4v) is 2.41. The maximum atomic E-state index is 11.9. The van der Waals surface area contributed by atoms with Crippen LogP contribution in [-0.2, 0) is 9.53 Å². The van der Waals surface area contributed by atoms with Crippen molar-refractivity contribution in [3.8, 4) is 0 Å². The van der Waals surface area contributed by atoms with Gasteiger partial charge in [0, 0.05) is 26.1 Å². The number of morpholine rings is 1. The molecule has 2 aliphatic rings. The second-order valence-corrected chi connectivity index (χ2v) is 4.72. The molecule has 2 heterocycles. The maximum absolute atomic E-state index is 11.9. The van der Waals surface area contributed by atoms with Crippen LogP contribution in [0.1, 0.15) is 19.3 Å². The lowest BCUT2D eigenvalue weighted by atomic mass is 10.2. The van der Waals surface area contributed by atoms with Crippen molar-refractivity contribution in [3.05, 3.63) is 0 Å². The summed E-state index contributed by atoms with van der Waals surface area (Å²) in [6, 6.07) is -1.43. The molecule has 0 aromatic carbocycles. The lowest BCUT2D eigenvalue weighted by molar-refractivity contribution is -0.139. The lowest BCUT2D eigenvalue weighted by Crippen LogP contribution is -2.53. The number of aliphatic hydroxyl groups excluding tert-OH is 1. The number of fused-ring (bicyclic) bond motifs is 2.